The second kappa shape index (κ2) is 7.61. The van der Waals surface area contributed by atoms with Gasteiger partial charge in [-0.25, -0.2) is 4.98 Å². The molecular formula is C16H20ClN3OS. The summed E-state index contributed by atoms with van der Waals surface area (Å²) in [6.45, 7) is 1.89. The van der Waals surface area contributed by atoms with Crippen molar-refractivity contribution >= 4 is 40.5 Å². The Morgan fingerprint density at radius 1 is 1.23 bits per heavy atom. The van der Waals surface area contributed by atoms with E-state index in [2.05, 4.69) is 15.6 Å². The average molecular weight is 338 g/mol. The van der Waals surface area contributed by atoms with Gasteiger partial charge < -0.3 is 10.6 Å². The van der Waals surface area contributed by atoms with E-state index in [9.17, 15) is 4.79 Å². The normalized spacial score (nSPS) is 14.4. The van der Waals surface area contributed by atoms with Crippen LogP contribution in [0, 0.1) is 6.92 Å². The van der Waals surface area contributed by atoms with Gasteiger partial charge in [-0.2, -0.15) is 0 Å². The third kappa shape index (κ3) is 3.99. The second-order valence-electron chi connectivity index (χ2n) is 5.38. The summed E-state index contributed by atoms with van der Waals surface area (Å²) in [6, 6.07) is 10.0. The molecule has 1 saturated carbocycles. The molecule has 3 rings (SSSR count). The number of halogens is 1. The van der Waals surface area contributed by atoms with Gasteiger partial charge in [0.2, 0.25) is 0 Å². The lowest BCUT2D eigenvalue weighted by Gasteiger charge is -2.09. The fourth-order valence-electron chi connectivity index (χ4n) is 2.62. The van der Waals surface area contributed by atoms with E-state index in [0.717, 1.165) is 16.5 Å². The molecule has 0 aliphatic heterocycles. The first kappa shape index (κ1) is 16.8. The molecule has 6 heteroatoms. The van der Waals surface area contributed by atoms with Crippen molar-refractivity contribution in [3.05, 3.63) is 40.9 Å². The van der Waals surface area contributed by atoms with Gasteiger partial charge in [0.05, 0.1) is 5.69 Å². The number of hydrogen-bond acceptors (Lipinski definition) is 4. The van der Waals surface area contributed by atoms with Crippen molar-refractivity contribution in [1.82, 2.24) is 4.98 Å². The summed E-state index contributed by atoms with van der Waals surface area (Å²) < 4.78 is 0. The third-order valence-electron chi connectivity index (χ3n) is 3.72. The molecule has 0 saturated heterocycles. The molecule has 0 atom stereocenters. The summed E-state index contributed by atoms with van der Waals surface area (Å²) in [5, 5.41) is 7.22. The molecule has 0 radical (unpaired) electrons. The van der Waals surface area contributed by atoms with E-state index in [4.69, 9.17) is 0 Å². The van der Waals surface area contributed by atoms with Crippen LogP contribution < -0.4 is 10.6 Å². The fraction of sp³-hybridized carbons (Fsp3) is 0.375. The summed E-state index contributed by atoms with van der Waals surface area (Å²) in [5.74, 6) is -0.0873. The van der Waals surface area contributed by atoms with Gasteiger partial charge in [-0.3, -0.25) is 4.79 Å². The predicted octanol–water partition coefficient (Wildman–Crippen LogP) is 4.48. The van der Waals surface area contributed by atoms with Crippen LogP contribution in [0.4, 0.5) is 10.8 Å². The second-order valence-corrected chi connectivity index (χ2v) is 6.38. The minimum Gasteiger partial charge on any atom is -0.359 e. The average Bonchev–Trinajstić information content (AvgIpc) is 3.10. The van der Waals surface area contributed by atoms with E-state index in [1.54, 1.807) is 0 Å². The Morgan fingerprint density at radius 2 is 1.91 bits per heavy atom. The number of rotatable bonds is 4. The van der Waals surface area contributed by atoms with Crippen LogP contribution in [0.3, 0.4) is 0 Å². The molecule has 1 fully saturated rings. The van der Waals surface area contributed by atoms with E-state index in [1.807, 2.05) is 37.3 Å². The van der Waals surface area contributed by atoms with Crippen molar-refractivity contribution in [2.24, 2.45) is 0 Å². The SMILES string of the molecule is Cc1nc(NC2CCCC2)sc1C(=O)Nc1ccccc1.Cl. The summed E-state index contributed by atoms with van der Waals surface area (Å²) in [6.07, 6.45) is 4.96. The van der Waals surface area contributed by atoms with Gasteiger partial charge in [-0.1, -0.05) is 42.4 Å². The van der Waals surface area contributed by atoms with Crippen LogP contribution in [-0.4, -0.2) is 16.9 Å². The lowest BCUT2D eigenvalue weighted by Crippen LogP contribution is -2.14. The van der Waals surface area contributed by atoms with Crippen molar-refractivity contribution in [3.8, 4) is 0 Å². The largest absolute Gasteiger partial charge is 0.359 e. The first-order chi connectivity index (χ1) is 10.2. The van der Waals surface area contributed by atoms with Crippen molar-refractivity contribution in [2.45, 2.75) is 38.6 Å². The van der Waals surface area contributed by atoms with E-state index in [-0.39, 0.29) is 18.3 Å². The Balaban J connectivity index is 0.00000176. The number of benzene rings is 1. The first-order valence-electron chi connectivity index (χ1n) is 7.33. The number of aryl methyl sites for hydroxylation is 1. The summed E-state index contributed by atoms with van der Waals surface area (Å²) in [5.41, 5.74) is 1.59. The highest BCUT2D eigenvalue weighted by molar-refractivity contribution is 7.17. The molecule has 118 valence electrons. The number of anilines is 2. The molecule has 0 spiro atoms. The highest BCUT2D eigenvalue weighted by Crippen LogP contribution is 2.27. The van der Waals surface area contributed by atoms with Crippen LogP contribution in [0.25, 0.3) is 0 Å². The Labute approximate surface area is 140 Å². The Kier molecular flexibility index (Phi) is 5.80. The number of carbonyl (C=O) groups excluding carboxylic acids is 1. The van der Waals surface area contributed by atoms with E-state index in [0.29, 0.717) is 10.9 Å². The Morgan fingerprint density at radius 3 is 2.59 bits per heavy atom. The highest BCUT2D eigenvalue weighted by atomic mass is 35.5. The van der Waals surface area contributed by atoms with Crippen molar-refractivity contribution < 1.29 is 4.79 Å². The molecular weight excluding hydrogens is 318 g/mol. The maximum Gasteiger partial charge on any atom is 0.267 e. The number of amides is 1. The van der Waals surface area contributed by atoms with Crippen LogP contribution in [0.2, 0.25) is 0 Å². The van der Waals surface area contributed by atoms with E-state index < -0.39 is 0 Å². The van der Waals surface area contributed by atoms with Gasteiger partial charge in [0, 0.05) is 11.7 Å². The zero-order chi connectivity index (χ0) is 14.7. The highest BCUT2D eigenvalue weighted by Gasteiger charge is 2.19. The Hall–Kier alpha value is -1.59. The molecule has 0 unspecified atom stereocenters. The number of carbonyl (C=O) groups is 1. The fourth-order valence-corrected chi connectivity index (χ4v) is 3.56. The van der Waals surface area contributed by atoms with Gasteiger partial charge in [-0.15, -0.1) is 12.4 Å². The van der Waals surface area contributed by atoms with Gasteiger partial charge in [-0.05, 0) is 31.9 Å². The van der Waals surface area contributed by atoms with Crippen LogP contribution in [-0.2, 0) is 0 Å². The molecule has 2 N–H and O–H groups in total. The zero-order valence-electron chi connectivity index (χ0n) is 12.5. The summed E-state index contributed by atoms with van der Waals surface area (Å²) in [4.78, 5) is 17.5. The molecule has 1 aliphatic carbocycles. The number of nitrogens with one attached hydrogen (secondary N) is 2. The maximum atomic E-state index is 12.3. The maximum absolute atomic E-state index is 12.3. The zero-order valence-corrected chi connectivity index (χ0v) is 14.1. The van der Waals surface area contributed by atoms with Gasteiger partial charge in [0.15, 0.2) is 5.13 Å². The topological polar surface area (TPSA) is 54.0 Å². The molecule has 1 amide bonds. The van der Waals surface area contributed by atoms with Crippen molar-refractivity contribution in [2.75, 3.05) is 10.6 Å². The molecule has 1 aromatic carbocycles. The quantitative estimate of drug-likeness (QED) is 0.864. The number of aromatic nitrogens is 1. The minimum absolute atomic E-state index is 0. The molecule has 1 heterocycles. The van der Waals surface area contributed by atoms with Gasteiger partial charge >= 0.3 is 0 Å². The van der Waals surface area contributed by atoms with Gasteiger partial charge in [0.25, 0.3) is 5.91 Å². The summed E-state index contributed by atoms with van der Waals surface area (Å²) in [7, 11) is 0. The van der Waals surface area contributed by atoms with Crippen molar-refractivity contribution in [3.63, 3.8) is 0 Å². The molecule has 4 nitrogen and oxygen atoms in total. The summed E-state index contributed by atoms with van der Waals surface area (Å²) >= 11 is 1.44. The van der Waals surface area contributed by atoms with Crippen molar-refractivity contribution in [1.29, 1.82) is 0 Å². The number of thiazole rings is 1. The molecule has 1 aromatic heterocycles. The van der Waals surface area contributed by atoms with E-state index in [1.165, 1.54) is 37.0 Å². The van der Waals surface area contributed by atoms with Crippen LogP contribution in [0.1, 0.15) is 41.0 Å². The Bertz CT molecular complexity index is 624. The number of nitrogens with zero attached hydrogens (tertiary/aromatic N) is 1. The third-order valence-corrected chi connectivity index (χ3v) is 4.80. The predicted molar refractivity (Wildman–Crippen MR) is 94.4 cm³/mol. The number of para-hydroxylation sites is 1. The molecule has 22 heavy (non-hydrogen) atoms. The van der Waals surface area contributed by atoms with E-state index >= 15 is 0 Å². The molecule has 1 aliphatic rings. The van der Waals surface area contributed by atoms with Crippen LogP contribution in [0.5, 0.6) is 0 Å². The first-order valence-corrected chi connectivity index (χ1v) is 8.14. The smallest absolute Gasteiger partial charge is 0.267 e. The molecule has 0 bridgehead atoms. The van der Waals surface area contributed by atoms with Gasteiger partial charge in [0.1, 0.15) is 4.88 Å². The minimum atomic E-state index is -0.0873. The lowest BCUT2D eigenvalue weighted by atomic mass is 10.3. The number of hydrogen-bond donors (Lipinski definition) is 2. The monoisotopic (exact) mass is 337 g/mol. The lowest BCUT2D eigenvalue weighted by molar-refractivity contribution is 0.103. The standard InChI is InChI=1S/C16H19N3OS.ClH/c1-11-14(15(20)18-12-7-3-2-4-8-12)21-16(17-11)19-13-9-5-6-10-13;/h2-4,7-8,13H,5-6,9-10H2,1H3,(H,17,19)(H,18,20);1H. The molecule has 2 aromatic rings. The van der Waals surface area contributed by atoms with Crippen LogP contribution >= 0.6 is 23.7 Å². The van der Waals surface area contributed by atoms with Crippen LogP contribution in [0.15, 0.2) is 30.3 Å².